The van der Waals surface area contributed by atoms with E-state index in [1.54, 1.807) is 24.4 Å². The van der Waals surface area contributed by atoms with Crippen LogP contribution >= 0.6 is 11.3 Å². The van der Waals surface area contributed by atoms with Gasteiger partial charge in [0.05, 0.1) is 5.57 Å². The number of rotatable bonds is 6. The van der Waals surface area contributed by atoms with E-state index < -0.39 is 21.6 Å². The van der Waals surface area contributed by atoms with Crippen molar-refractivity contribution >= 4 is 33.2 Å². The van der Waals surface area contributed by atoms with Gasteiger partial charge in [-0.1, -0.05) is 13.0 Å². The van der Waals surface area contributed by atoms with Crippen molar-refractivity contribution in [3.05, 3.63) is 28.7 Å². The van der Waals surface area contributed by atoms with Gasteiger partial charge in [0, 0.05) is 44.1 Å². The van der Waals surface area contributed by atoms with Crippen LogP contribution in [0.15, 0.2) is 32.9 Å². The van der Waals surface area contributed by atoms with Crippen LogP contribution in [0.2, 0.25) is 0 Å². The van der Waals surface area contributed by atoms with Crippen LogP contribution in [-0.4, -0.2) is 73.9 Å². The molecule has 170 valence electrons. The Morgan fingerprint density at radius 1 is 1.32 bits per heavy atom. The Bertz CT molecular complexity index is 979. The number of carbonyl (C=O) groups excluding carboxylic acids is 2. The van der Waals surface area contributed by atoms with Crippen LogP contribution in [0.5, 0.6) is 0 Å². The zero-order valence-corrected chi connectivity index (χ0v) is 19.6. The third kappa shape index (κ3) is 4.06. The molecule has 10 heteroatoms. The Balaban J connectivity index is 1.47. The summed E-state index contributed by atoms with van der Waals surface area (Å²) in [5.74, 6) is -0.767. The molecule has 1 aromatic rings. The first-order valence-electron chi connectivity index (χ1n) is 10.8. The number of likely N-dealkylation sites (N-methyl/N-ethyl adjacent to an activating group) is 1. The fourth-order valence-electron chi connectivity index (χ4n) is 4.94. The first-order chi connectivity index (χ1) is 14.8. The Labute approximate surface area is 187 Å². The number of nitrogens with zero attached hydrogens (tertiary/aromatic N) is 2. The Kier molecular flexibility index (Phi) is 6.26. The predicted octanol–water partition coefficient (Wildman–Crippen LogP) is 1.75. The first-order valence-corrected chi connectivity index (χ1v) is 13.1. The van der Waals surface area contributed by atoms with Gasteiger partial charge in [-0.3, -0.25) is 9.69 Å². The normalized spacial score (nSPS) is 24.7. The van der Waals surface area contributed by atoms with Crippen LogP contribution in [0.4, 0.5) is 0 Å². The van der Waals surface area contributed by atoms with E-state index in [9.17, 15) is 18.0 Å². The molecule has 1 N–H and O–H groups in total. The molecule has 1 atom stereocenters. The van der Waals surface area contributed by atoms with Crippen LogP contribution in [-0.2, 0) is 24.3 Å². The first kappa shape index (κ1) is 22.4. The highest BCUT2D eigenvalue weighted by atomic mass is 32.2. The van der Waals surface area contributed by atoms with Crippen LogP contribution in [0.3, 0.4) is 0 Å². The maximum Gasteiger partial charge on any atom is 0.335 e. The molecule has 4 rings (SSSR count). The molecule has 2 saturated heterocycles. The van der Waals surface area contributed by atoms with Gasteiger partial charge < -0.3 is 10.1 Å². The van der Waals surface area contributed by atoms with Crippen molar-refractivity contribution in [2.45, 2.75) is 55.4 Å². The highest BCUT2D eigenvalue weighted by molar-refractivity contribution is 7.91. The SMILES string of the molecule is CCN1CCC[C@@H]1CNC(=O)C1=C(C)C(=O)OC12CCN(S(=O)(=O)c1cccs1)CC2. The van der Waals surface area contributed by atoms with Gasteiger partial charge in [0.15, 0.2) is 0 Å². The zero-order chi connectivity index (χ0) is 22.2. The average Bonchev–Trinajstić information content (AvgIpc) is 3.48. The molecule has 31 heavy (non-hydrogen) atoms. The van der Waals surface area contributed by atoms with Crippen LogP contribution in [0, 0.1) is 0 Å². The summed E-state index contributed by atoms with van der Waals surface area (Å²) in [7, 11) is -3.57. The van der Waals surface area contributed by atoms with Gasteiger partial charge in [0.25, 0.3) is 15.9 Å². The molecular weight excluding hydrogens is 438 g/mol. The quantitative estimate of drug-likeness (QED) is 0.641. The van der Waals surface area contributed by atoms with Gasteiger partial charge >= 0.3 is 5.97 Å². The molecule has 2 fully saturated rings. The van der Waals surface area contributed by atoms with Crippen molar-refractivity contribution in [3.63, 3.8) is 0 Å². The molecule has 1 aromatic heterocycles. The number of sulfonamides is 1. The van der Waals surface area contributed by atoms with Gasteiger partial charge in [0.1, 0.15) is 9.81 Å². The zero-order valence-electron chi connectivity index (χ0n) is 17.9. The number of ether oxygens (including phenoxy) is 1. The summed E-state index contributed by atoms with van der Waals surface area (Å²) in [4.78, 5) is 27.9. The smallest absolute Gasteiger partial charge is 0.335 e. The lowest BCUT2D eigenvalue weighted by Gasteiger charge is -2.38. The number of piperidine rings is 1. The summed E-state index contributed by atoms with van der Waals surface area (Å²) in [5, 5.41) is 4.75. The molecule has 0 aromatic carbocycles. The number of esters is 1. The minimum absolute atomic E-state index is 0.198. The number of hydrogen-bond acceptors (Lipinski definition) is 7. The molecule has 1 spiro atoms. The summed E-state index contributed by atoms with van der Waals surface area (Å²) in [6.45, 7) is 6.65. The summed E-state index contributed by atoms with van der Waals surface area (Å²) >= 11 is 1.18. The molecule has 0 bridgehead atoms. The molecule has 0 saturated carbocycles. The van der Waals surface area contributed by atoms with Crippen molar-refractivity contribution in [1.29, 1.82) is 0 Å². The van der Waals surface area contributed by atoms with E-state index >= 15 is 0 Å². The second-order valence-electron chi connectivity index (χ2n) is 8.35. The molecule has 4 heterocycles. The van der Waals surface area contributed by atoms with E-state index in [4.69, 9.17) is 4.74 Å². The maximum atomic E-state index is 13.1. The molecule has 0 unspecified atom stereocenters. The van der Waals surface area contributed by atoms with E-state index in [1.165, 1.54) is 15.6 Å². The number of thiophene rings is 1. The van der Waals surface area contributed by atoms with Gasteiger partial charge in [-0.2, -0.15) is 4.31 Å². The van der Waals surface area contributed by atoms with Gasteiger partial charge in [-0.05, 0) is 44.3 Å². The summed E-state index contributed by atoms with van der Waals surface area (Å²) < 4.78 is 33.1. The van der Waals surface area contributed by atoms with Gasteiger partial charge in [-0.25, -0.2) is 13.2 Å². The van der Waals surface area contributed by atoms with E-state index in [0.29, 0.717) is 27.9 Å². The summed E-state index contributed by atoms with van der Waals surface area (Å²) in [5.41, 5.74) is -0.357. The molecule has 3 aliphatic rings. The largest absolute Gasteiger partial charge is 0.450 e. The molecule has 1 amide bonds. The summed E-state index contributed by atoms with van der Waals surface area (Å²) in [6.07, 6.45) is 2.71. The highest BCUT2D eigenvalue weighted by Crippen LogP contribution is 2.42. The molecule has 3 aliphatic heterocycles. The summed E-state index contributed by atoms with van der Waals surface area (Å²) in [6, 6.07) is 3.60. The molecule has 0 aliphatic carbocycles. The molecular formula is C21H29N3O5S2. The van der Waals surface area contributed by atoms with E-state index in [0.717, 1.165) is 25.9 Å². The average molecular weight is 468 g/mol. The van der Waals surface area contributed by atoms with Gasteiger partial charge in [-0.15, -0.1) is 11.3 Å². The van der Waals surface area contributed by atoms with Crippen LogP contribution in [0.25, 0.3) is 0 Å². The number of amides is 1. The third-order valence-corrected chi connectivity index (χ3v) is 9.95. The topological polar surface area (TPSA) is 96.0 Å². The van der Waals surface area contributed by atoms with Crippen molar-refractivity contribution in [1.82, 2.24) is 14.5 Å². The second-order valence-corrected chi connectivity index (χ2v) is 11.5. The lowest BCUT2D eigenvalue weighted by Crippen LogP contribution is -2.50. The molecule has 0 radical (unpaired) electrons. The van der Waals surface area contributed by atoms with Crippen LogP contribution in [0.1, 0.15) is 39.5 Å². The Morgan fingerprint density at radius 3 is 2.71 bits per heavy atom. The van der Waals surface area contributed by atoms with E-state index in [2.05, 4.69) is 17.1 Å². The predicted molar refractivity (Wildman–Crippen MR) is 117 cm³/mol. The number of likely N-dealkylation sites (tertiary alicyclic amines) is 1. The van der Waals surface area contributed by atoms with E-state index in [-0.39, 0.29) is 31.8 Å². The van der Waals surface area contributed by atoms with Crippen molar-refractivity contribution in [2.24, 2.45) is 0 Å². The standard InChI is InChI=1S/C21H29N3O5S2/c1-3-23-10-4-6-16(23)14-22-19(25)18-15(2)20(26)29-21(18)8-11-24(12-9-21)31(27,28)17-7-5-13-30-17/h5,7,13,16H,3-4,6,8-12,14H2,1-2H3,(H,22,25)/t16-/m1/s1. The monoisotopic (exact) mass is 467 g/mol. The second kappa shape index (κ2) is 8.65. The number of carbonyl (C=O) groups is 2. The Hall–Kier alpha value is -1.75. The van der Waals surface area contributed by atoms with Crippen molar-refractivity contribution in [2.75, 3.05) is 32.7 Å². The highest BCUT2D eigenvalue weighted by Gasteiger charge is 2.52. The minimum atomic E-state index is -3.57. The Morgan fingerprint density at radius 2 is 2.06 bits per heavy atom. The number of nitrogens with one attached hydrogen (secondary N) is 1. The van der Waals surface area contributed by atoms with E-state index in [1.807, 2.05) is 0 Å². The minimum Gasteiger partial charge on any atom is -0.450 e. The molecule has 8 nitrogen and oxygen atoms in total. The van der Waals surface area contributed by atoms with Crippen molar-refractivity contribution in [3.8, 4) is 0 Å². The maximum absolute atomic E-state index is 13.1. The fourth-order valence-corrected chi connectivity index (χ4v) is 7.53. The lowest BCUT2D eigenvalue weighted by atomic mass is 9.83. The van der Waals surface area contributed by atoms with Crippen molar-refractivity contribution < 1.29 is 22.7 Å². The fraction of sp³-hybridized carbons (Fsp3) is 0.619. The van der Waals surface area contributed by atoms with Gasteiger partial charge in [0.2, 0.25) is 0 Å². The third-order valence-electron chi connectivity index (χ3n) is 6.67. The lowest BCUT2D eigenvalue weighted by molar-refractivity contribution is -0.150. The number of hydrogen-bond donors (Lipinski definition) is 1. The van der Waals surface area contributed by atoms with Crippen LogP contribution < -0.4 is 5.32 Å².